The van der Waals surface area contributed by atoms with Gasteiger partial charge in [0.2, 0.25) is 0 Å². The third kappa shape index (κ3) is 2.67. The van der Waals surface area contributed by atoms with Crippen molar-refractivity contribution in [1.82, 2.24) is 0 Å². The van der Waals surface area contributed by atoms with Gasteiger partial charge in [-0.2, -0.15) is 0 Å². The Kier molecular flexibility index (Phi) is 3.32. The molecule has 0 bridgehead atoms. The van der Waals surface area contributed by atoms with Crippen LogP contribution in [0.25, 0.3) is 5.57 Å². The summed E-state index contributed by atoms with van der Waals surface area (Å²) in [5, 5.41) is 18.9. The van der Waals surface area contributed by atoms with E-state index in [1.165, 1.54) is 0 Å². The van der Waals surface area contributed by atoms with Crippen LogP contribution < -0.4 is 0 Å². The second kappa shape index (κ2) is 4.24. The molecule has 0 fully saturated rings. The monoisotopic (exact) mass is 234 g/mol. The Labute approximate surface area is 101 Å². The molecule has 3 heteroatoms. The minimum absolute atomic E-state index is 0.0404. The molecule has 0 aliphatic heterocycles. The number of carboxylic acids is 1. The fourth-order valence-electron chi connectivity index (χ4n) is 1.65. The van der Waals surface area contributed by atoms with Crippen LogP contribution in [0.5, 0.6) is 5.75 Å². The van der Waals surface area contributed by atoms with Crippen LogP contribution in [0.4, 0.5) is 0 Å². The molecule has 0 spiro atoms. The van der Waals surface area contributed by atoms with Gasteiger partial charge in [-0.15, -0.1) is 0 Å². The van der Waals surface area contributed by atoms with E-state index < -0.39 is 5.97 Å². The van der Waals surface area contributed by atoms with Crippen molar-refractivity contribution >= 4 is 11.5 Å². The topological polar surface area (TPSA) is 57.5 Å². The minimum Gasteiger partial charge on any atom is -0.507 e. The van der Waals surface area contributed by atoms with Crippen molar-refractivity contribution in [2.24, 2.45) is 0 Å². The number of rotatable bonds is 2. The Hall–Kier alpha value is -1.77. The van der Waals surface area contributed by atoms with Crippen molar-refractivity contribution in [2.45, 2.75) is 33.1 Å². The summed E-state index contributed by atoms with van der Waals surface area (Å²) < 4.78 is 0. The van der Waals surface area contributed by atoms with E-state index in [9.17, 15) is 9.90 Å². The zero-order valence-electron chi connectivity index (χ0n) is 10.7. The van der Waals surface area contributed by atoms with Crippen molar-refractivity contribution in [2.75, 3.05) is 0 Å². The van der Waals surface area contributed by atoms with Gasteiger partial charge >= 0.3 is 5.97 Å². The lowest BCUT2D eigenvalue weighted by Gasteiger charge is -2.22. The number of carbonyl (C=O) groups is 1. The summed E-state index contributed by atoms with van der Waals surface area (Å²) >= 11 is 0. The van der Waals surface area contributed by atoms with Crippen LogP contribution in [-0.4, -0.2) is 16.2 Å². The summed E-state index contributed by atoms with van der Waals surface area (Å²) in [6, 6.07) is 3.33. The predicted octanol–water partition coefficient (Wildman–Crippen LogP) is 3.10. The standard InChI is InChI=1S/C14H18O3/c1-8-6-10(9(2)13(16)17)7-11(12(8)15)14(3,4)5/h6-7,15H,2H2,1,3-5H3,(H,16,17). The van der Waals surface area contributed by atoms with E-state index in [0.29, 0.717) is 11.1 Å². The molecule has 0 heterocycles. The number of aryl methyl sites for hydroxylation is 1. The molecule has 0 aliphatic carbocycles. The fourth-order valence-corrected chi connectivity index (χ4v) is 1.65. The van der Waals surface area contributed by atoms with E-state index in [4.69, 9.17) is 5.11 Å². The zero-order valence-corrected chi connectivity index (χ0v) is 10.7. The highest BCUT2D eigenvalue weighted by molar-refractivity contribution is 6.14. The first kappa shape index (κ1) is 13.3. The van der Waals surface area contributed by atoms with Crippen molar-refractivity contribution in [3.8, 4) is 5.75 Å². The van der Waals surface area contributed by atoms with E-state index >= 15 is 0 Å². The van der Waals surface area contributed by atoms with E-state index in [2.05, 4.69) is 6.58 Å². The molecule has 0 amide bonds. The fraction of sp³-hybridized carbons (Fsp3) is 0.357. The first-order valence-corrected chi connectivity index (χ1v) is 5.41. The number of hydrogen-bond donors (Lipinski definition) is 2. The number of phenolic OH excluding ortho intramolecular Hbond substituents is 1. The number of aliphatic carboxylic acids is 1. The number of carboxylic acid groups (broad SMARTS) is 1. The smallest absolute Gasteiger partial charge is 0.335 e. The summed E-state index contributed by atoms with van der Waals surface area (Å²) in [5.41, 5.74) is 1.73. The molecule has 1 rings (SSSR count). The molecule has 92 valence electrons. The maximum Gasteiger partial charge on any atom is 0.335 e. The maximum atomic E-state index is 10.9. The van der Waals surface area contributed by atoms with Gasteiger partial charge in [-0.25, -0.2) is 4.79 Å². The van der Waals surface area contributed by atoms with Crippen LogP contribution in [0.15, 0.2) is 18.7 Å². The molecule has 0 aliphatic rings. The minimum atomic E-state index is -1.05. The molecule has 0 saturated heterocycles. The van der Waals surface area contributed by atoms with E-state index in [0.717, 1.165) is 5.56 Å². The molecule has 0 aromatic heterocycles. The van der Waals surface area contributed by atoms with Crippen molar-refractivity contribution in [1.29, 1.82) is 0 Å². The average molecular weight is 234 g/mol. The van der Waals surface area contributed by atoms with Gasteiger partial charge in [-0.3, -0.25) is 0 Å². The van der Waals surface area contributed by atoms with Crippen LogP contribution in [0.3, 0.4) is 0 Å². The van der Waals surface area contributed by atoms with Gasteiger partial charge in [-0.1, -0.05) is 27.4 Å². The normalized spacial score (nSPS) is 11.3. The highest BCUT2D eigenvalue weighted by Gasteiger charge is 2.21. The van der Waals surface area contributed by atoms with Gasteiger partial charge in [0.15, 0.2) is 0 Å². The third-order valence-corrected chi connectivity index (χ3v) is 2.72. The lowest BCUT2D eigenvalue weighted by atomic mass is 9.83. The lowest BCUT2D eigenvalue weighted by Crippen LogP contribution is -2.13. The summed E-state index contributed by atoms with van der Waals surface area (Å²) in [5.74, 6) is -0.825. The average Bonchev–Trinajstić information content (AvgIpc) is 2.18. The van der Waals surface area contributed by atoms with Gasteiger partial charge in [0.1, 0.15) is 5.75 Å². The molecule has 0 atom stereocenters. The predicted molar refractivity (Wildman–Crippen MR) is 68.2 cm³/mol. The third-order valence-electron chi connectivity index (χ3n) is 2.72. The van der Waals surface area contributed by atoms with Gasteiger partial charge in [0, 0.05) is 5.56 Å². The number of benzene rings is 1. The van der Waals surface area contributed by atoms with Crippen molar-refractivity contribution in [3.63, 3.8) is 0 Å². The first-order chi connectivity index (χ1) is 7.64. The van der Waals surface area contributed by atoms with Crippen molar-refractivity contribution < 1.29 is 15.0 Å². The van der Waals surface area contributed by atoms with Gasteiger partial charge in [-0.05, 0) is 35.6 Å². The van der Waals surface area contributed by atoms with Crippen LogP contribution in [0.2, 0.25) is 0 Å². The number of aromatic hydroxyl groups is 1. The Bertz CT molecular complexity index is 479. The van der Waals surface area contributed by atoms with Gasteiger partial charge in [0.05, 0.1) is 5.57 Å². The molecule has 3 nitrogen and oxygen atoms in total. The summed E-state index contributed by atoms with van der Waals surface area (Å²) in [7, 11) is 0. The van der Waals surface area contributed by atoms with Gasteiger partial charge in [0.25, 0.3) is 0 Å². The van der Waals surface area contributed by atoms with Crippen LogP contribution >= 0.6 is 0 Å². The van der Waals surface area contributed by atoms with Crippen molar-refractivity contribution in [3.05, 3.63) is 35.4 Å². The molecule has 0 unspecified atom stereocenters. The molecule has 2 N–H and O–H groups in total. The van der Waals surface area contributed by atoms with E-state index in [1.807, 2.05) is 20.8 Å². The molecule has 0 saturated carbocycles. The quantitative estimate of drug-likeness (QED) is 0.773. The molecule has 0 radical (unpaired) electrons. The Morgan fingerprint density at radius 1 is 1.29 bits per heavy atom. The molecular weight excluding hydrogens is 216 g/mol. The molecule has 1 aromatic rings. The SMILES string of the molecule is C=C(C(=O)O)c1cc(C)c(O)c(C(C)(C)C)c1. The largest absolute Gasteiger partial charge is 0.507 e. The summed E-state index contributed by atoms with van der Waals surface area (Å²) in [6.07, 6.45) is 0. The van der Waals surface area contributed by atoms with Crippen LogP contribution in [-0.2, 0) is 10.2 Å². The second-order valence-corrected chi connectivity index (χ2v) is 5.22. The van der Waals surface area contributed by atoms with Crippen LogP contribution in [0, 0.1) is 6.92 Å². The molecule has 17 heavy (non-hydrogen) atoms. The van der Waals surface area contributed by atoms with E-state index in [1.54, 1.807) is 19.1 Å². The van der Waals surface area contributed by atoms with E-state index in [-0.39, 0.29) is 16.7 Å². The molecular formula is C14H18O3. The zero-order chi connectivity index (χ0) is 13.4. The first-order valence-electron chi connectivity index (χ1n) is 5.41. The highest BCUT2D eigenvalue weighted by atomic mass is 16.4. The Morgan fingerprint density at radius 3 is 2.24 bits per heavy atom. The Morgan fingerprint density at radius 2 is 1.82 bits per heavy atom. The molecule has 1 aromatic carbocycles. The van der Waals surface area contributed by atoms with Crippen LogP contribution in [0.1, 0.15) is 37.5 Å². The second-order valence-electron chi connectivity index (χ2n) is 5.22. The maximum absolute atomic E-state index is 10.9. The number of phenols is 1. The Balaban J connectivity index is 3.44. The number of hydrogen-bond acceptors (Lipinski definition) is 2. The lowest BCUT2D eigenvalue weighted by molar-refractivity contribution is -0.130. The summed E-state index contributed by atoms with van der Waals surface area (Å²) in [4.78, 5) is 10.9. The summed E-state index contributed by atoms with van der Waals surface area (Å²) in [6.45, 7) is 11.2. The van der Waals surface area contributed by atoms with Gasteiger partial charge < -0.3 is 10.2 Å². The highest BCUT2D eigenvalue weighted by Crippen LogP contribution is 2.35.